The lowest BCUT2D eigenvalue weighted by Gasteiger charge is -2.21. The second kappa shape index (κ2) is 7.34. The molecule has 0 fully saturated rings. The van der Waals surface area contributed by atoms with E-state index in [1.165, 1.54) is 12.8 Å². The van der Waals surface area contributed by atoms with Crippen molar-refractivity contribution in [3.63, 3.8) is 0 Å². The Hall–Kier alpha value is -0.0800. The highest BCUT2D eigenvalue weighted by Gasteiger charge is 2.11. The van der Waals surface area contributed by atoms with E-state index in [1.807, 2.05) is 0 Å². The van der Waals surface area contributed by atoms with Crippen LogP contribution in [0.1, 0.15) is 40.5 Å². The molecule has 80 valence electrons. The second-order valence-electron chi connectivity index (χ2n) is 4.63. The summed E-state index contributed by atoms with van der Waals surface area (Å²) >= 11 is 0. The summed E-state index contributed by atoms with van der Waals surface area (Å²) in [5.74, 6) is 1.46. The molecule has 0 rings (SSSR count). The first-order chi connectivity index (χ1) is 6.06. The van der Waals surface area contributed by atoms with Crippen molar-refractivity contribution < 1.29 is 5.11 Å². The number of hydrogen-bond acceptors (Lipinski definition) is 2. The summed E-state index contributed by atoms with van der Waals surface area (Å²) in [5.41, 5.74) is 0. The first-order valence-electron chi connectivity index (χ1n) is 5.40. The lowest BCUT2D eigenvalue weighted by Crippen LogP contribution is -2.33. The molecule has 2 N–H and O–H groups in total. The highest BCUT2D eigenvalue weighted by atomic mass is 16.3. The normalized spacial score (nSPS) is 12.0. The van der Waals surface area contributed by atoms with Gasteiger partial charge < -0.3 is 10.4 Å². The molecule has 0 aliphatic carbocycles. The van der Waals surface area contributed by atoms with Gasteiger partial charge in [-0.05, 0) is 24.7 Å². The van der Waals surface area contributed by atoms with Crippen molar-refractivity contribution in [3.05, 3.63) is 0 Å². The van der Waals surface area contributed by atoms with Gasteiger partial charge in [0.15, 0.2) is 0 Å². The Kier molecular flexibility index (Phi) is 7.29. The number of aliphatic hydroxyl groups excluding tert-OH is 1. The summed E-state index contributed by atoms with van der Waals surface area (Å²) in [6, 6.07) is 0.576. The van der Waals surface area contributed by atoms with Crippen molar-refractivity contribution in [2.24, 2.45) is 11.8 Å². The van der Waals surface area contributed by atoms with Gasteiger partial charge in [0.1, 0.15) is 0 Å². The van der Waals surface area contributed by atoms with E-state index in [0.29, 0.717) is 6.04 Å². The molecule has 0 saturated heterocycles. The van der Waals surface area contributed by atoms with Gasteiger partial charge in [-0.15, -0.1) is 0 Å². The number of hydrogen-bond donors (Lipinski definition) is 2. The lowest BCUT2D eigenvalue weighted by molar-refractivity contribution is 0.269. The molecule has 0 unspecified atom stereocenters. The summed E-state index contributed by atoms with van der Waals surface area (Å²) in [7, 11) is 0. The average molecular weight is 187 g/mol. The molecule has 2 nitrogen and oxygen atoms in total. The van der Waals surface area contributed by atoms with Crippen LogP contribution in [0.4, 0.5) is 0 Å². The van der Waals surface area contributed by atoms with Crippen molar-refractivity contribution in [1.29, 1.82) is 0 Å². The van der Waals surface area contributed by atoms with Gasteiger partial charge in [-0.2, -0.15) is 0 Å². The first-order valence-corrected chi connectivity index (χ1v) is 5.40. The van der Waals surface area contributed by atoms with Crippen molar-refractivity contribution in [1.82, 2.24) is 5.32 Å². The minimum atomic E-state index is 0.243. The Morgan fingerprint density at radius 3 is 1.77 bits per heavy atom. The fourth-order valence-electron chi connectivity index (χ4n) is 1.67. The molecule has 0 atom stereocenters. The molecule has 0 spiro atoms. The van der Waals surface area contributed by atoms with E-state index < -0.39 is 0 Å². The van der Waals surface area contributed by atoms with Crippen LogP contribution in [0.25, 0.3) is 0 Å². The summed E-state index contributed by atoms with van der Waals surface area (Å²) in [4.78, 5) is 0. The maximum atomic E-state index is 8.72. The van der Waals surface area contributed by atoms with Crippen LogP contribution in [0.2, 0.25) is 0 Å². The maximum Gasteiger partial charge on any atom is 0.0556 e. The topological polar surface area (TPSA) is 32.3 Å². The number of nitrogens with one attached hydrogen (secondary N) is 1. The molecule has 13 heavy (non-hydrogen) atoms. The van der Waals surface area contributed by atoms with E-state index in [9.17, 15) is 0 Å². The van der Waals surface area contributed by atoms with E-state index in [4.69, 9.17) is 5.11 Å². The van der Waals surface area contributed by atoms with Crippen LogP contribution in [0.15, 0.2) is 0 Å². The predicted molar refractivity (Wildman–Crippen MR) is 57.8 cm³/mol. The molecule has 0 heterocycles. The minimum Gasteiger partial charge on any atom is -0.395 e. The van der Waals surface area contributed by atoms with Gasteiger partial charge in [0.25, 0.3) is 0 Å². The van der Waals surface area contributed by atoms with Crippen LogP contribution in [0.5, 0.6) is 0 Å². The fraction of sp³-hybridized carbons (Fsp3) is 1.00. The third-order valence-electron chi connectivity index (χ3n) is 2.06. The van der Waals surface area contributed by atoms with Crippen LogP contribution in [-0.2, 0) is 0 Å². The zero-order chi connectivity index (χ0) is 10.3. The van der Waals surface area contributed by atoms with Crippen LogP contribution < -0.4 is 5.32 Å². The summed E-state index contributed by atoms with van der Waals surface area (Å²) in [5, 5.41) is 12.1. The van der Waals surface area contributed by atoms with Gasteiger partial charge in [0.05, 0.1) is 6.61 Å². The molecular weight excluding hydrogens is 162 g/mol. The fourth-order valence-corrected chi connectivity index (χ4v) is 1.67. The van der Waals surface area contributed by atoms with Crippen molar-refractivity contribution in [3.8, 4) is 0 Å². The smallest absolute Gasteiger partial charge is 0.0556 e. The molecule has 2 heteroatoms. The monoisotopic (exact) mass is 187 g/mol. The first kappa shape index (κ1) is 12.9. The third kappa shape index (κ3) is 8.26. The quantitative estimate of drug-likeness (QED) is 0.639. The van der Waals surface area contributed by atoms with E-state index in [1.54, 1.807) is 0 Å². The molecule has 0 bridgehead atoms. The van der Waals surface area contributed by atoms with Gasteiger partial charge in [-0.3, -0.25) is 0 Å². The molecule has 0 amide bonds. The molecule has 0 aromatic rings. The van der Waals surface area contributed by atoms with Crippen LogP contribution in [-0.4, -0.2) is 24.3 Å². The Morgan fingerprint density at radius 2 is 1.46 bits per heavy atom. The Bertz CT molecular complexity index is 103. The third-order valence-corrected chi connectivity index (χ3v) is 2.06. The molecule has 0 aromatic heterocycles. The van der Waals surface area contributed by atoms with Crippen LogP contribution >= 0.6 is 0 Å². The van der Waals surface area contributed by atoms with Crippen molar-refractivity contribution >= 4 is 0 Å². The van der Waals surface area contributed by atoms with Crippen LogP contribution in [0, 0.1) is 11.8 Å². The lowest BCUT2D eigenvalue weighted by atomic mass is 9.96. The van der Waals surface area contributed by atoms with Gasteiger partial charge >= 0.3 is 0 Å². The zero-order valence-corrected chi connectivity index (χ0v) is 9.51. The molecule has 0 aliphatic heterocycles. The van der Waals surface area contributed by atoms with Gasteiger partial charge in [0.2, 0.25) is 0 Å². The van der Waals surface area contributed by atoms with Crippen LogP contribution in [0.3, 0.4) is 0 Å². The highest BCUT2D eigenvalue weighted by Crippen LogP contribution is 2.12. The highest BCUT2D eigenvalue weighted by molar-refractivity contribution is 4.69. The Morgan fingerprint density at radius 1 is 1.00 bits per heavy atom. The van der Waals surface area contributed by atoms with Crippen molar-refractivity contribution in [2.75, 3.05) is 13.2 Å². The predicted octanol–water partition coefficient (Wildman–Crippen LogP) is 2.03. The summed E-state index contributed by atoms with van der Waals surface area (Å²) in [6.45, 7) is 9.95. The summed E-state index contributed by atoms with van der Waals surface area (Å²) in [6.07, 6.45) is 2.41. The number of rotatable bonds is 7. The zero-order valence-electron chi connectivity index (χ0n) is 9.51. The SMILES string of the molecule is CC(C)CC(CC(C)C)NCCO. The van der Waals surface area contributed by atoms with E-state index in [-0.39, 0.29) is 6.61 Å². The molecule has 0 saturated carbocycles. The Balaban J connectivity index is 3.73. The molecular formula is C11H25NO. The minimum absolute atomic E-state index is 0.243. The maximum absolute atomic E-state index is 8.72. The summed E-state index contributed by atoms with van der Waals surface area (Å²) < 4.78 is 0. The molecule has 0 radical (unpaired) electrons. The standard InChI is InChI=1S/C11H25NO/c1-9(2)7-11(8-10(3)4)12-5-6-13/h9-13H,5-8H2,1-4H3. The van der Waals surface area contributed by atoms with E-state index in [2.05, 4.69) is 33.0 Å². The van der Waals surface area contributed by atoms with E-state index >= 15 is 0 Å². The largest absolute Gasteiger partial charge is 0.395 e. The molecule has 0 aromatic carbocycles. The van der Waals surface area contributed by atoms with Gasteiger partial charge in [-0.25, -0.2) is 0 Å². The van der Waals surface area contributed by atoms with Crippen molar-refractivity contribution in [2.45, 2.75) is 46.6 Å². The van der Waals surface area contributed by atoms with E-state index in [0.717, 1.165) is 18.4 Å². The van der Waals surface area contributed by atoms with Gasteiger partial charge in [-0.1, -0.05) is 27.7 Å². The Labute approximate surface area is 82.7 Å². The van der Waals surface area contributed by atoms with Gasteiger partial charge in [0, 0.05) is 12.6 Å². The average Bonchev–Trinajstić information content (AvgIpc) is 1.98. The second-order valence-corrected chi connectivity index (χ2v) is 4.63. The number of aliphatic hydroxyl groups is 1. The molecule has 0 aliphatic rings.